The van der Waals surface area contributed by atoms with Gasteiger partial charge in [0.05, 0.1) is 23.5 Å². The van der Waals surface area contributed by atoms with Gasteiger partial charge in [0.15, 0.2) is 0 Å². The van der Waals surface area contributed by atoms with Gasteiger partial charge in [-0.15, -0.1) is 12.4 Å². The Balaban J connectivity index is 0.00000225. The second-order valence-corrected chi connectivity index (χ2v) is 7.58. The molecule has 28 heavy (non-hydrogen) atoms. The predicted octanol–water partition coefficient (Wildman–Crippen LogP) is 1.76. The number of likely N-dealkylation sites (N-methyl/N-ethyl adjacent to an activating group) is 1. The van der Waals surface area contributed by atoms with E-state index < -0.39 is 0 Å². The molecule has 1 aromatic carbocycles. The fraction of sp³-hybridized carbons (Fsp3) is 0.550. The van der Waals surface area contributed by atoms with Gasteiger partial charge in [0.2, 0.25) is 0 Å². The second-order valence-electron chi connectivity index (χ2n) is 7.58. The summed E-state index contributed by atoms with van der Waals surface area (Å²) in [6, 6.07) is 6.07. The first kappa shape index (κ1) is 20.7. The summed E-state index contributed by atoms with van der Waals surface area (Å²) in [5, 5.41) is 9.36. The van der Waals surface area contributed by atoms with E-state index in [1.807, 2.05) is 12.1 Å². The maximum Gasteiger partial charge on any atom is 0.113 e. The first-order chi connectivity index (χ1) is 13.1. The third-order valence-electron chi connectivity index (χ3n) is 5.45. The standard InChI is InChI=1S/C20H26N6O.ClH/c1-15-12-26(14-17(27-15)13-25-9-7-24(2)8-10-25)18-4-3-16(11-21)19-20(18)23-6-5-22-19;/h3-6,15,17H,7-10,12-14H2,1-2H3;1H/t15-,17+;/m1./s1. The Kier molecular flexibility index (Phi) is 6.68. The van der Waals surface area contributed by atoms with Crippen molar-refractivity contribution >= 4 is 29.1 Å². The molecule has 7 nitrogen and oxygen atoms in total. The van der Waals surface area contributed by atoms with Crippen LogP contribution >= 0.6 is 12.4 Å². The van der Waals surface area contributed by atoms with Crippen LogP contribution in [-0.2, 0) is 4.74 Å². The largest absolute Gasteiger partial charge is 0.370 e. The number of benzene rings is 1. The maximum absolute atomic E-state index is 9.36. The predicted molar refractivity (Wildman–Crippen MR) is 112 cm³/mol. The molecular weight excluding hydrogens is 376 g/mol. The van der Waals surface area contributed by atoms with Gasteiger partial charge in [0.25, 0.3) is 0 Å². The van der Waals surface area contributed by atoms with E-state index in [0.717, 1.165) is 57.0 Å². The van der Waals surface area contributed by atoms with Crippen molar-refractivity contribution in [3.8, 4) is 6.07 Å². The first-order valence-corrected chi connectivity index (χ1v) is 9.59. The number of nitriles is 1. The van der Waals surface area contributed by atoms with Gasteiger partial charge in [-0.25, -0.2) is 0 Å². The molecule has 0 spiro atoms. The molecule has 0 N–H and O–H groups in total. The molecule has 0 aliphatic carbocycles. The van der Waals surface area contributed by atoms with Crippen molar-refractivity contribution in [3.05, 3.63) is 30.1 Å². The molecule has 2 fully saturated rings. The van der Waals surface area contributed by atoms with Crippen LogP contribution in [0.25, 0.3) is 11.0 Å². The molecule has 8 heteroatoms. The zero-order valence-corrected chi connectivity index (χ0v) is 17.2. The lowest BCUT2D eigenvalue weighted by Crippen LogP contribution is -2.53. The first-order valence-electron chi connectivity index (χ1n) is 9.59. The van der Waals surface area contributed by atoms with Gasteiger partial charge in [-0.05, 0) is 26.1 Å². The third kappa shape index (κ3) is 4.36. The van der Waals surface area contributed by atoms with E-state index in [9.17, 15) is 5.26 Å². The van der Waals surface area contributed by atoms with Crippen LogP contribution < -0.4 is 4.90 Å². The molecular formula is C20H27ClN6O. The average molecular weight is 403 g/mol. The van der Waals surface area contributed by atoms with Crippen LogP contribution in [0.5, 0.6) is 0 Å². The molecule has 3 heterocycles. The van der Waals surface area contributed by atoms with Crippen LogP contribution in [0.15, 0.2) is 24.5 Å². The summed E-state index contributed by atoms with van der Waals surface area (Å²) in [7, 11) is 2.18. The van der Waals surface area contributed by atoms with E-state index in [1.54, 1.807) is 12.4 Å². The molecule has 2 atom stereocenters. The Labute approximate surface area is 172 Å². The normalized spacial score (nSPS) is 24.0. The number of morpholine rings is 1. The lowest BCUT2D eigenvalue weighted by molar-refractivity contribution is -0.0369. The molecule has 2 aliphatic rings. The lowest BCUT2D eigenvalue weighted by atomic mass is 10.1. The summed E-state index contributed by atoms with van der Waals surface area (Å²) in [5.41, 5.74) is 3.07. The van der Waals surface area contributed by atoms with Gasteiger partial charge < -0.3 is 14.5 Å². The van der Waals surface area contributed by atoms with Crippen molar-refractivity contribution < 1.29 is 4.74 Å². The molecule has 0 radical (unpaired) electrons. The number of anilines is 1. The highest BCUT2D eigenvalue weighted by molar-refractivity contribution is 5.92. The Morgan fingerprint density at radius 3 is 2.54 bits per heavy atom. The molecule has 4 rings (SSSR count). The molecule has 2 aromatic rings. The Hall–Kier alpha value is -1.98. The highest BCUT2D eigenvalue weighted by Crippen LogP contribution is 2.29. The van der Waals surface area contributed by atoms with Crippen LogP contribution in [0.4, 0.5) is 5.69 Å². The maximum atomic E-state index is 9.36. The van der Waals surface area contributed by atoms with Gasteiger partial charge in [0, 0.05) is 58.2 Å². The molecule has 2 saturated heterocycles. The summed E-state index contributed by atoms with van der Waals surface area (Å²) < 4.78 is 6.24. The van der Waals surface area contributed by atoms with Crippen molar-refractivity contribution in [3.63, 3.8) is 0 Å². The van der Waals surface area contributed by atoms with Gasteiger partial charge in [-0.3, -0.25) is 14.9 Å². The summed E-state index contributed by atoms with van der Waals surface area (Å²) in [4.78, 5) is 16.1. The average Bonchev–Trinajstić information content (AvgIpc) is 2.68. The lowest BCUT2D eigenvalue weighted by Gasteiger charge is -2.41. The Morgan fingerprint density at radius 2 is 1.82 bits per heavy atom. The van der Waals surface area contributed by atoms with E-state index in [0.29, 0.717) is 11.1 Å². The number of hydrogen-bond donors (Lipinski definition) is 0. The fourth-order valence-electron chi connectivity index (χ4n) is 4.05. The molecule has 1 aromatic heterocycles. The summed E-state index contributed by atoms with van der Waals surface area (Å²) >= 11 is 0. The van der Waals surface area contributed by atoms with E-state index in [-0.39, 0.29) is 24.6 Å². The summed E-state index contributed by atoms with van der Waals surface area (Å²) in [6.45, 7) is 9.13. The van der Waals surface area contributed by atoms with E-state index >= 15 is 0 Å². The quantitative estimate of drug-likeness (QED) is 0.774. The van der Waals surface area contributed by atoms with E-state index in [4.69, 9.17) is 4.74 Å². The highest BCUT2D eigenvalue weighted by atomic mass is 35.5. The summed E-state index contributed by atoms with van der Waals surface area (Å²) in [6.07, 6.45) is 3.65. The highest BCUT2D eigenvalue weighted by Gasteiger charge is 2.29. The van der Waals surface area contributed by atoms with Crippen molar-refractivity contribution in [2.75, 3.05) is 57.8 Å². The minimum absolute atomic E-state index is 0. The Bertz CT molecular complexity index is 848. The zero-order chi connectivity index (χ0) is 18.8. The smallest absolute Gasteiger partial charge is 0.113 e. The molecule has 0 amide bonds. The summed E-state index contributed by atoms with van der Waals surface area (Å²) in [5.74, 6) is 0. The minimum Gasteiger partial charge on any atom is -0.370 e. The van der Waals surface area contributed by atoms with Crippen molar-refractivity contribution in [2.24, 2.45) is 0 Å². The number of aromatic nitrogens is 2. The van der Waals surface area contributed by atoms with Crippen molar-refractivity contribution in [1.82, 2.24) is 19.8 Å². The zero-order valence-electron chi connectivity index (χ0n) is 16.4. The van der Waals surface area contributed by atoms with Gasteiger partial charge >= 0.3 is 0 Å². The third-order valence-corrected chi connectivity index (χ3v) is 5.45. The molecule has 0 unspecified atom stereocenters. The van der Waals surface area contributed by atoms with E-state index in [2.05, 4.69) is 44.7 Å². The van der Waals surface area contributed by atoms with Crippen LogP contribution in [0.3, 0.4) is 0 Å². The fourth-order valence-corrected chi connectivity index (χ4v) is 4.05. The minimum atomic E-state index is 0. The molecule has 150 valence electrons. The number of hydrogen-bond acceptors (Lipinski definition) is 7. The number of fused-ring (bicyclic) bond motifs is 1. The van der Waals surface area contributed by atoms with Crippen LogP contribution in [0, 0.1) is 11.3 Å². The monoisotopic (exact) mass is 402 g/mol. The molecule has 0 bridgehead atoms. The number of rotatable bonds is 3. The number of ether oxygens (including phenoxy) is 1. The molecule has 0 saturated carbocycles. The van der Waals surface area contributed by atoms with Gasteiger partial charge in [-0.1, -0.05) is 0 Å². The molecule has 2 aliphatic heterocycles. The Morgan fingerprint density at radius 1 is 1.11 bits per heavy atom. The van der Waals surface area contributed by atoms with E-state index in [1.165, 1.54) is 0 Å². The van der Waals surface area contributed by atoms with Gasteiger partial charge in [-0.2, -0.15) is 5.26 Å². The van der Waals surface area contributed by atoms with Gasteiger partial charge in [0.1, 0.15) is 17.1 Å². The van der Waals surface area contributed by atoms with Crippen LogP contribution in [0.2, 0.25) is 0 Å². The topological polar surface area (TPSA) is 68.5 Å². The number of halogens is 1. The van der Waals surface area contributed by atoms with Crippen LogP contribution in [-0.4, -0.2) is 84.8 Å². The van der Waals surface area contributed by atoms with Crippen molar-refractivity contribution in [2.45, 2.75) is 19.1 Å². The van der Waals surface area contributed by atoms with Crippen LogP contribution in [0.1, 0.15) is 12.5 Å². The number of nitrogens with zero attached hydrogens (tertiary/aromatic N) is 6. The second kappa shape index (κ2) is 9.01. The van der Waals surface area contributed by atoms with Crippen molar-refractivity contribution in [1.29, 1.82) is 5.26 Å². The number of piperazine rings is 1. The SMILES string of the molecule is C[C@@H]1CN(c2ccc(C#N)c3nccnc23)C[C@H](CN2CCN(C)CC2)O1.Cl.